The van der Waals surface area contributed by atoms with Crippen molar-refractivity contribution in [1.29, 1.82) is 0 Å². The highest BCUT2D eigenvalue weighted by molar-refractivity contribution is 7.51. The van der Waals surface area contributed by atoms with Crippen molar-refractivity contribution in [1.82, 2.24) is 5.09 Å². The molecule has 0 atom stereocenters. The lowest BCUT2D eigenvalue weighted by Crippen LogP contribution is -2.31. The summed E-state index contributed by atoms with van der Waals surface area (Å²) in [6.45, 7) is 9.22. The molecule has 0 aliphatic carbocycles. The average Bonchev–Trinajstić information content (AvgIpc) is 2.27. The molecule has 0 amide bonds. The molecule has 0 spiro atoms. The quantitative estimate of drug-likeness (QED) is 0.458. The van der Waals surface area contributed by atoms with Gasteiger partial charge in [-0.05, 0) is 27.7 Å². The van der Waals surface area contributed by atoms with Crippen LogP contribution < -0.4 is 5.09 Å². The van der Waals surface area contributed by atoms with Gasteiger partial charge in [0.1, 0.15) is 0 Å². The first-order valence-corrected chi connectivity index (χ1v) is 7.53. The smallest absolute Gasteiger partial charge is 0.352 e. The highest BCUT2D eigenvalue weighted by atomic mass is 31.2. The van der Waals surface area contributed by atoms with E-state index in [2.05, 4.69) is 5.09 Å². The molecule has 0 fully saturated rings. The molecule has 0 bridgehead atoms. The Bertz CT molecular complexity index is 211. The van der Waals surface area contributed by atoms with Crippen LogP contribution >= 0.6 is 7.75 Å². The van der Waals surface area contributed by atoms with Gasteiger partial charge in [0, 0.05) is 13.2 Å². The molecule has 0 heterocycles. The first-order valence-electron chi connectivity index (χ1n) is 5.99. The Morgan fingerprint density at radius 1 is 0.941 bits per heavy atom. The standard InChI is InChI=1S/C10H24NO5P/c1-5-13-10(14-6-2)9-11-17(12,15-7-3)16-8-4/h10H,5-9H2,1-4H3,(H,11,12). The van der Waals surface area contributed by atoms with Gasteiger partial charge in [-0.2, -0.15) is 0 Å². The van der Waals surface area contributed by atoms with Gasteiger partial charge in [0.25, 0.3) is 0 Å². The third-order valence-corrected chi connectivity index (χ3v) is 3.52. The van der Waals surface area contributed by atoms with E-state index in [1.54, 1.807) is 13.8 Å². The molecular weight excluding hydrogens is 245 g/mol. The SMILES string of the molecule is CCOC(CNP(=O)(OCC)OCC)OCC. The van der Waals surface area contributed by atoms with E-state index in [1.165, 1.54) is 0 Å². The topological polar surface area (TPSA) is 66.0 Å². The first kappa shape index (κ1) is 17.0. The van der Waals surface area contributed by atoms with Crippen LogP contribution in [0.3, 0.4) is 0 Å². The predicted octanol–water partition coefficient (Wildman–Crippen LogP) is 2.16. The average molecular weight is 269 g/mol. The van der Waals surface area contributed by atoms with Crippen LogP contribution in [0.2, 0.25) is 0 Å². The van der Waals surface area contributed by atoms with Crippen LogP contribution in [-0.2, 0) is 23.1 Å². The lowest BCUT2D eigenvalue weighted by atomic mass is 10.6. The highest BCUT2D eigenvalue weighted by Crippen LogP contribution is 2.43. The zero-order valence-corrected chi connectivity index (χ0v) is 12.0. The first-order chi connectivity index (χ1) is 8.11. The molecule has 0 aromatic heterocycles. The van der Waals surface area contributed by atoms with Crippen LogP contribution in [0, 0.1) is 0 Å². The fraction of sp³-hybridized carbons (Fsp3) is 1.00. The van der Waals surface area contributed by atoms with Crippen LogP contribution in [0.15, 0.2) is 0 Å². The van der Waals surface area contributed by atoms with E-state index >= 15 is 0 Å². The number of rotatable bonds is 11. The molecule has 0 radical (unpaired) electrons. The lowest BCUT2D eigenvalue weighted by molar-refractivity contribution is -0.131. The van der Waals surface area contributed by atoms with Crippen molar-refractivity contribution in [2.24, 2.45) is 0 Å². The molecule has 0 aromatic carbocycles. The molecule has 0 saturated heterocycles. The maximum atomic E-state index is 12.1. The molecule has 0 aromatic rings. The molecule has 0 saturated carbocycles. The summed E-state index contributed by atoms with van der Waals surface area (Å²) in [6, 6.07) is 0. The minimum absolute atomic E-state index is 0.263. The van der Waals surface area contributed by atoms with Gasteiger partial charge in [-0.25, -0.2) is 9.65 Å². The largest absolute Gasteiger partial charge is 0.405 e. The van der Waals surface area contributed by atoms with E-state index in [0.29, 0.717) is 26.4 Å². The second kappa shape index (κ2) is 10.00. The zero-order valence-electron chi connectivity index (χ0n) is 11.1. The third kappa shape index (κ3) is 7.86. The van der Waals surface area contributed by atoms with Gasteiger partial charge in [-0.1, -0.05) is 0 Å². The summed E-state index contributed by atoms with van der Waals surface area (Å²) in [6.07, 6.45) is -0.445. The Morgan fingerprint density at radius 2 is 1.41 bits per heavy atom. The summed E-state index contributed by atoms with van der Waals surface area (Å²) in [5.41, 5.74) is 0. The van der Waals surface area contributed by atoms with Crippen molar-refractivity contribution in [3.63, 3.8) is 0 Å². The molecule has 17 heavy (non-hydrogen) atoms. The van der Waals surface area contributed by atoms with E-state index in [-0.39, 0.29) is 6.54 Å². The van der Waals surface area contributed by atoms with Crippen LogP contribution in [0.25, 0.3) is 0 Å². The fourth-order valence-electron chi connectivity index (χ4n) is 1.19. The van der Waals surface area contributed by atoms with Crippen molar-refractivity contribution >= 4 is 7.75 Å². The van der Waals surface area contributed by atoms with E-state index < -0.39 is 14.0 Å². The summed E-state index contributed by atoms with van der Waals surface area (Å²) >= 11 is 0. The molecule has 0 aliphatic rings. The maximum Gasteiger partial charge on any atom is 0.405 e. The van der Waals surface area contributed by atoms with Crippen LogP contribution in [0.5, 0.6) is 0 Å². The van der Waals surface area contributed by atoms with Crippen LogP contribution in [0.1, 0.15) is 27.7 Å². The maximum absolute atomic E-state index is 12.1. The van der Waals surface area contributed by atoms with Crippen molar-refractivity contribution in [3.8, 4) is 0 Å². The van der Waals surface area contributed by atoms with Gasteiger partial charge in [-0.15, -0.1) is 0 Å². The van der Waals surface area contributed by atoms with Crippen molar-refractivity contribution in [2.45, 2.75) is 34.0 Å². The molecule has 0 aliphatic heterocycles. The minimum atomic E-state index is -3.23. The number of ether oxygens (including phenoxy) is 2. The van der Waals surface area contributed by atoms with Gasteiger partial charge in [0.15, 0.2) is 6.29 Å². The summed E-state index contributed by atoms with van der Waals surface area (Å²) < 4.78 is 32.9. The van der Waals surface area contributed by atoms with Gasteiger partial charge >= 0.3 is 7.75 Å². The monoisotopic (exact) mass is 269 g/mol. The van der Waals surface area contributed by atoms with Crippen molar-refractivity contribution in [3.05, 3.63) is 0 Å². The highest BCUT2D eigenvalue weighted by Gasteiger charge is 2.24. The summed E-state index contributed by atoms with van der Waals surface area (Å²) in [5.74, 6) is 0. The fourth-order valence-corrected chi connectivity index (χ4v) is 2.50. The van der Waals surface area contributed by atoms with E-state index in [1.807, 2.05) is 13.8 Å². The number of hydrogen-bond acceptors (Lipinski definition) is 5. The summed E-state index contributed by atoms with van der Waals surface area (Å²) in [7, 11) is -3.23. The number of hydrogen-bond donors (Lipinski definition) is 1. The summed E-state index contributed by atoms with van der Waals surface area (Å²) in [4.78, 5) is 0. The molecule has 0 unspecified atom stereocenters. The van der Waals surface area contributed by atoms with Gasteiger partial charge in [0.2, 0.25) is 0 Å². The lowest BCUT2D eigenvalue weighted by Gasteiger charge is -2.22. The Morgan fingerprint density at radius 3 is 1.76 bits per heavy atom. The van der Waals surface area contributed by atoms with Crippen molar-refractivity contribution in [2.75, 3.05) is 33.0 Å². The Hall–Kier alpha value is 0.0300. The van der Waals surface area contributed by atoms with E-state index in [9.17, 15) is 4.57 Å². The predicted molar refractivity (Wildman–Crippen MR) is 65.9 cm³/mol. The van der Waals surface area contributed by atoms with Crippen molar-refractivity contribution < 1.29 is 23.1 Å². The van der Waals surface area contributed by atoms with Gasteiger partial charge in [0.05, 0.1) is 19.8 Å². The molecule has 0 rings (SSSR count). The molecular formula is C10H24NO5P. The zero-order chi connectivity index (χ0) is 13.1. The van der Waals surface area contributed by atoms with Gasteiger partial charge in [-0.3, -0.25) is 9.05 Å². The Labute approximate surface area is 104 Å². The van der Waals surface area contributed by atoms with E-state index in [0.717, 1.165) is 0 Å². The second-order valence-corrected chi connectivity index (χ2v) is 4.86. The minimum Gasteiger partial charge on any atom is -0.352 e. The molecule has 7 heteroatoms. The van der Waals surface area contributed by atoms with E-state index in [4.69, 9.17) is 18.5 Å². The second-order valence-electron chi connectivity index (χ2n) is 3.04. The normalized spacial score (nSPS) is 12.3. The molecule has 104 valence electrons. The number of nitrogens with one attached hydrogen (secondary N) is 1. The van der Waals surface area contributed by atoms with Gasteiger partial charge < -0.3 is 9.47 Å². The van der Waals surface area contributed by atoms with Crippen LogP contribution in [0.4, 0.5) is 0 Å². The third-order valence-electron chi connectivity index (χ3n) is 1.75. The Kier molecular flexibility index (Phi) is 10.0. The summed E-state index contributed by atoms with van der Waals surface area (Å²) in [5, 5.41) is 2.73. The molecule has 1 N–H and O–H groups in total. The van der Waals surface area contributed by atoms with Crippen LogP contribution in [-0.4, -0.2) is 39.3 Å². The Balaban J connectivity index is 4.20. The molecule has 6 nitrogen and oxygen atoms in total.